The number of hydrogen-bond donors (Lipinski definition) is 0. The van der Waals surface area contributed by atoms with Crippen LogP contribution >= 0.6 is 0 Å². The third-order valence-electron chi connectivity index (χ3n) is 6.75. The standard InChI is InChI=1S/C23H24O/c1-2-4-16-5-3-6-17-10-18-12-22(24)23(14-19(18)11-21(16)17)13-15-7-8-20(23)9-15/h3,5-7,10-11,20H,2,4,8-9,12-14H2,1H3. The molecule has 1 heteroatoms. The molecule has 3 aliphatic rings. The van der Waals surface area contributed by atoms with Crippen molar-refractivity contribution in [3.63, 3.8) is 0 Å². The predicted octanol–water partition coefficient (Wildman–Crippen LogP) is 5.19. The van der Waals surface area contributed by atoms with E-state index in [1.807, 2.05) is 0 Å². The molecule has 0 aliphatic heterocycles. The van der Waals surface area contributed by atoms with Crippen molar-refractivity contribution >= 4 is 16.6 Å². The van der Waals surface area contributed by atoms with Gasteiger partial charge in [0.2, 0.25) is 0 Å². The average Bonchev–Trinajstić information content (AvgIpc) is 3.17. The molecule has 1 spiro atoms. The van der Waals surface area contributed by atoms with Gasteiger partial charge in [-0.25, -0.2) is 0 Å². The number of benzene rings is 2. The zero-order valence-electron chi connectivity index (χ0n) is 14.4. The molecule has 0 amide bonds. The van der Waals surface area contributed by atoms with Crippen LogP contribution in [0.3, 0.4) is 0 Å². The van der Waals surface area contributed by atoms with E-state index < -0.39 is 0 Å². The maximum absolute atomic E-state index is 13.0. The summed E-state index contributed by atoms with van der Waals surface area (Å²) in [5.41, 5.74) is 5.66. The Bertz CT molecular complexity index is 888. The lowest BCUT2D eigenvalue weighted by atomic mass is 9.63. The monoisotopic (exact) mass is 316 g/mol. The van der Waals surface area contributed by atoms with Crippen molar-refractivity contribution < 1.29 is 4.79 Å². The fourth-order valence-corrected chi connectivity index (χ4v) is 5.53. The lowest BCUT2D eigenvalue weighted by Gasteiger charge is -2.39. The summed E-state index contributed by atoms with van der Waals surface area (Å²) in [6.07, 6.45) is 9.65. The first kappa shape index (κ1) is 14.5. The summed E-state index contributed by atoms with van der Waals surface area (Å²) in [6.45, 7) is 2.24. The number of aryl methyl sites for hydroxylation is 1. The predicted molar refractivity (Wildman–Crippen MR) is 98.2 cm³/mol. The summed E-state index contributed by atoms with van der Waals surface area (Å²) in [5, 5.41) is 2.71. The molecule has 2 atom stereocenters. The van der Waals surface area contributed by atoms with Gasteiger partial charge in [-0.05, 0) is 65.5 Å². The van der Waals surface area contributed by atoms with Gasteiger partial charge >= 0.3 is 0 Å². The maximum atomic E-state index is 13.0. The Kier molecular flexibility index (Phi) is 3.04. The number of hydrogen-bond acceptors (Lipinski definition) is 1. The molecule has 2 aromatic rings. The normalized spacial score (nSPS) is 27.8. The summed E-state index contributed by atoms with van der Waals surface area (Å²) in [5.74, 6) is 1.09. The van der Waals surface area contributed by atoms with Gasteiger partial charge in [0.1, 0.15) is 5.78 Å². The molecule has 2 aromatic carbocycles. The van der Waals surface area contributed by atoms with Gasteiger partial charge in [0.25, 0.3) is 0 Å². The molecular weight excluding hydrogens is 292 g/mol. The van der Waals surface area contributed by atoms with Crippen molar-refractivity contribution in [2.45, 2.75) is 51.9 Å². The van der Waals surface area contributed by atoms with E-state index in [0.29, 0.717) is 18.1 Å². The second kappa shape index (κ2) is 5.05. The van der Waals surface area contributed by atoms with E-state index in [0.717, 1.165) is 25.7 Å². The first-order valence-corrected chi connectivity index (χ1v) is 9.44. The fourth-order valence-electron chi connectivity index (χ4n) is 5.53. The van der Waals surface area contributed by atoms with Gasteiger partial charge in [0.15, 0.2) is 0 Å². The molecule has 122 valence electrons. The smallest absolute Gasteiger partial charge is 0.144 e. The van der Waals surface area contributed by atoms with Gasteiger partial charge in [0.05, 0.1) is 0 Å². The van der Waals surface area contributed by atoms with E-state index in [1.54, 1.807) is 5.57 Å². The van der Waals surface area contributed by atoms with Crippen LogP contribution in [0.1, 0.15) is 49.3 Å². The summed E-state index contributed by atoms with van der Waals surface area (Å²) in [7, 11) is 0. The largest absolute Gasteiger partial charge is 0.299 e. The minimum Gasteiger partial charge on any atom is -0.299 e. The number of allylic oxidation sites excluding steroid dienone is 2. The van der Waals surface area contributed by atoms with Gasteiger partial charge in [-0.15, -0.1) is 0 Å². The van der Waals surface area contributed by atoms with Crippen LogP contribution in [0, 0.1) is 11.3 Å². The summed E-state index contributed by atoms with van der Waals surface area (Å²) in [6, 6.07) is 11.3. The van der Waals surface area contributed by atoms with Gasteiger partial charge in [-0.2, -0.15) is 0 Å². The molecular formula is C23H24O. The minimum atomic E-state index is -0.0650. The van der Waals surface area contributed by atoms with Crippen LogP contribution in [0.2, 0.25) is 0 Å². The van der Waals surface area contributed by atoms with Crippen LogP contribution < -0.4 is 0 Å². The zero-order valence-corrected chi connectivity index (χ0v) is 14.4. The molecule has 5 rings (SSSR count). The quantitative estimate of drug-likeness (QED) is 0.697. The first-order valence-electron chi connectivity index (χ1n) is 9.44. The van der Waals surface area contributed by atoms with Gasteiger partial charge in [0, 0.05) is 11.8 Å². The maximum Gasteiger partial charge on any atom is 0.144 e. The molecule has 0 heterocycles. The van der Waals surface area contributed by atoms with Crippen molar-refractivity contribution in [1.82, 2.24) is 0 Å². The van der Waals surface area contributed by atoms with E-state index in [9.17, 15) is 4.79 Å². The lowest BCUT2D eigenvalue weighted by molar-refractivity contribution is -0.131. The van der Waals surface area contributed by atoms with Crippen LogP contribution in [0.4, 0.5) is 0 Å². The van der Waals surface area contributed by atoms with E-state index >= 15 is 0 Å². The summed E-state index contributed by atoms with van der Waals surface area (Å²) >= 11 is 0. The summed E-state index contributed by atoms with van der Waals surface area (Å²) in [4.78, 5) is 13.0. The van der Waals surface area contributed by atoms with Crippen LogP contribution in [-0.2, 0) is 24.1 Å². The molecule has 1 saturated carbocycles. The van der Waals surface area contributed by atoms with Crippen molar-refractivity contribution in [3.05, 3.63) is 58.7 Å². The van der Waals surface area contributed by atoms with Crippen LogP contribution in [0.25, 0.3) is 10.8 Å². The zero-order chi connectivity index (χ0) is 16.3. The molecule has 2 bridgehead atoms. The molecule has 2 unspecified atom stereocenters. The first-order chi connectivity index (χ1) is 11.7. The van der Waals surface area contributed by atoms with Crippen LogP contribution in [-0.4, -0.2) is 5.78 Å². The number of fused-ring (bicyclic) bond motifs is 5. The number of carbonyl (C=O) groups excluding carboxylic acids is 1. The molecule has 1 nitrogen and oxygen atoms in total. The lowest BCUT2D eigenvalue weighted by Crippen LogP contribution is -2.42. The minimum absolute atomic E-state index is 0.0650. The van der Waals surface area contributed by atoms with E-state index in [1.165, 1.54) is 40.3 Å². The van der Waals surface area contributed by atoms with E-state index in [2.05, 4.69) is 43.3 Å². The highest BCUT2D eigenvalue weighted by molar-refractivity contribution is 5.94. The van der Waals surface area contributed by atoms with Crippen molar-refractivity contribution in [1.29, 1.82) is 0 Å². The van der Waals surface area contributed by atoms with Gasteiger partial charge in [-0.3, -0.25) is 4.79 Å². The topological polar surface area (TPSA) is 17.1 Å². The van der Waals surface area contributed by atoms with Crippen LogP contribution in [0.15, 0.2) is 42.0 Å². The molecule has 0 saturated heterocycles. The number of ketones is 1. The molecule has 3 aliphatic carbocycles. The second-order valence-corrected chi connectivity index (χ2v) is 8.12. The Labute approximate surface area is 143 Å². The SMILES string of the molecule is CCCc1cccc2cc3c(cc12)CC1(CC2=CCC1C2)C(=O)C3. The van der Waals surface area contributed by atoms with Gasteiger partial charge in [-0.1, -0.05) is 55.3 Å². The van der Waals surface area contributed by atoms with Crippen molar-refractivity contribution in [3.8, 4) is 0 Å². The Morgan fingerprint density at radius 1 is 1.17 bits per heavy atom. The van der Waals surface area contributed by atoms with Crippen molar-refractivity contribution in [2.75, 3.05) is 0 Å². The van der Waals surface area contributed by atoms with E-state index in [-0.39, 0.29) is 5.41 Å². The number of Topliss-reactive ketones (excluding diaryl/α,β-unsaturated/α-hetero) is 1. The van der Waals surface area contributed by atoms with E-state index in [4.69, 9.17) is 0 Å². The number of carbonyl (C=O) groups is 1. The highest BCUT2D eigenvalue weighted by Gasteiger charge is 2.53. The molecule has 0 N–H and O–H groups in total. The average molecular weight is 316 g/mol. The third kappa shape index (κ3) is 1.90. The van der Waals surface area contributed by atoms with Gasteiger partial charge < -0.3 is 0 Å². The molecule has 0 radical (unpaired) electrons. The Hall–Kier alpha value is -1.89. The van der Waals surface area contributed by atoms with Crippen molar-refractivity contribution in [2.24, 2.45) is 11.3 Å². The fraction of sp³-hybridized carbons (Fsp3) is 0.435. The molecule has 0 aromatic heterocycles. The Balaban J connectivity index is 1.63. The molecule has 1 fully saturated rings. The third-order valence-corrected chi connectivity index (χ3v) is 6.75. The highest BCUT2D eigenvalue weighted by Crippen LogP contribution is 2.57. The highest BCUT2D eigenvalue weighted by atomic mass is 16.1. The Morgan fingerprint density at radius 3 is 2.83 bits per heavy atom. The second-order valence-electron chi connectivity index (χ2n) is 8.12. The number of rotatable bonds is 2. The van der Waals surface area contributed by atoms with Crippen LogP contribution in [0.5, 0.6) is 0 Å². The molecule has 24 heavy (non-hydrogen) atoms. The summed E-state index contributed by atoms with van der Waals surface area (Å²) < 4.78 is 0. The Morgan fingerprint density at radius 2 is 2.08 bits per heavy atom.